The van der Waals surface area contributed by atoms with E-state index in [-0.39, 0.29) is 6.10 Å². The van der Waals surface area contributed by atoms with Gasteiger partial charge in [-0.3, -0.25) is 0 Å². The first kappa shape index (κ1) is 10.2. The summed E-state index contributed by atoms with van der Waals surface area (Å²) in [6.45, 7) is 0. The van der Waals surface area contributed by atoms with Crippen LogP contribution in [0.25, 0.3) is 0 Å². The molecule has 86 valence electrons. The molecule has 2 aromatic carbocycles. The smallest absolute Gasteiger partial charge is 0.124 e. The molecule has 1 unspecified atom stereocenters. The minimum Gasteiger partial charge on any atom is -0.508 e. The molecule has 2 aromatic rings. The number of aromatic hydroxyl groups is 1. The van der Waals surface area contributed by atoms with Crippen LogP contribution in [0.5, 0.6) is 11.5 Å². The summed E-state index contributed by atoms with van der Waals surface area (Å²) in [5.74, 6) is 1.26. The molecule has 2 heteroatoms. The summed E-state index contributed by atoms with van der Waals surface area (Å²) in [5, 5.41) is 9.48. The topological polar surface area (TPSA) is 29.5 Å². The molecule has 0 fully saturated rings. The monoisotopic (exact) mass is 226 g/mol. The highest BCUT2D eigenvalue weighted by Gasteiger charge is 2.20. The number of hydrogen-bond donors (Lipinski definition) is 1. The minimum absolute atomic E-state index is 0.0528. The lowest BCUT2D eigenvalue weighted by Gasteiger charge is -2.26. The van der Waals surface area contributed by atoms with Crippen LogP contribution >= 0.6 is 0 Å². The molecule has 0 spiro atoms. The second-order valence-electron chi connectivity index (χ2n) is 4.35. The van der Waals surface area contributed by atoms with Gasteiger partial charge in [0.15, 0.2) is 0 Å². The fourth-order valence-electron chi connectivity index (χ4n) is 2.28. The zero-order valence-corrected chi connectivity index (χ0v) is 9.47. The molecule has 1 heterocycles. The Kier molecular flexibility index (Phi) is 2.48. The van der Waals surface area contributed by atoms with Crippen molar-refractivity contribution in [3.63, 3.8) is 0 Å². The summed E-state index contributed by atoms with van der Waals surface area (Å²) in [7, 11) is 0. The van der Waals surface area contributed by atoms with Crippen LogP contribution in [0, 0.1) is 0 Å². The van der Waals surface area contributed by atoms with Gasteiger partial charge in [0.2, 0.25) is 0 Å². The van der Waals surface area contributed by atoms with Crippen molar-refractivity contribution in [1.82, 2.24) is 0 Å². The molecule has 2 nitrogen and oxygen atoms in total. The fraction of sp³-hybridized carbons (Fsp3) is 0.200. The number of aryl methyl sites for hydroxylation is 1. The molecule has 0 amide bonds. The zero-order chi connectivity index (χ0) is 11.7. The predicted octanol–water partition coefficient (Wildman–Crippen LogP) is 3.46. The number of hydrogen-bond acceptors (Lipinski definition) is 2. The molecule has 1 aliphatic rings. The molecule has 17 heavy (non-hydrogen) atoms. The van der Waals surface area contributed by atoms with Gasteiger partial charge in [-0.15, -0.1) is 0 Å². The van der Waals surface area contributed by atoms with E-state index in [9.17, 15) is 5.11 Å². The second kappa shape index (κ2) is 4.13. The molecule has 0 saturated heterocycles. The van der Waals surface area contributed by atoms with E-state index < -0.39 is 0 Å². The number of phenols is 1. The van der Waals surface area contributed by atoms with E-state index in [0.29, 0.717) is 5.75 Å². The number of ether oxygens (including phenoxy) is 1. The van der Waals surface area contributed by atoms with E-state index in [1.54, 1.807) is 12.1 Å². The van der Waals surface area contributed by atoms with E-state index >= 15 is 0 Å². The highest BCUT2D eigenvalue weighted by Crippen LogP contribution is 2.35. The van der Waals surface area contributed by atoms with E-state index in [2.05, 4.69) is 6.07 Å². The standard InChI is InChI=1S/C15H14O2/c16-13-6-3-5-12(10-13)15-9-8-11-4-1-2-7-14(11)17-15/h1-7,10,15-16H,8-9H2. The molecule has 1 atom stereocenters. The molecule has 0 bridgehead atoms. The number of fused-ring (bicyclic) bond motifs is 1. The van der Waals surface area contributed by atoms with Crippen LogP contribution in [0.2, 0.25) is 0 Å². The van der Waals surface area contributed by atoms with Gasteiger partial charge in [0.25, 0.3) is 0 Å². The lowest BCUT2D eigenvalue weighted by molar-refractivity contribution is 0.176. The molecule has 1 aliphatic heterocycles. The Morgan fingerprint density at radius 2 is 1.94 bits per heavy atom. The Morgan fingerprint density at radius 3 is 2.82 bits per heavy atom. The van der Waals surface area contributed by atoms with Crippen molar-refractivity contribution in [2.45, 2.75) is 18.9 Å². The van der Waals surface area contributed by atoms with E-state index in [4.69, 9.17) is 4.74 Å². The third-order valence-corrected chi connectivity index (χ3v) is 3.16. The van der Waals surface area contributed by atoms with Gasteiger partial charge in [-0.1, -0.05) is 30.3 Å². The first-order valence-corrected chi connectivity index (χ1v) is 5.86. The Balaban J connectivity index is 1.89. The van der Waals surface area contributed by atoms with Crippen LogP contribution in [0.1, 0.15) is 23.7 Å². The summed E-state index contributed by atoms with van der Waals surface area (Å²) in [4.78, 5) is 0. The first-order chi connectivity index (χ1) is 8.33. The van der Waals surface area contributed by atoms with E-state index in [1.165, 1.54) is 5.56 Å². The average molecular weight is 226 g/mol. The van der Waals surface area contributed by atoms with Gasteiger partial charge in [0.1, 0.15) is 17.6 Å². The number of para-hydroxylation sites is 1. The molecule has 0 aromatic heterocycles. The third-order valence-electron chi connectivity index (χ3n) is 3.16. The molecule has 0 saturated carbocycles. The summed E-state index contributed by atoms with van der Waals surface area (Å²) in [6.07, 6.45) is 2.04. The number of benzene rings is 2. The summed E-state index contributed by atoms with van der Waals surface area (Å²) >= 11 is 0. The Bertz CT molecular complexity index is 534. The van der Waals surface area contributed by atoms with Crippen LogP contribution in [-0.4, -0.2) is 5.11 Å². The number of phenolic OH excluding ortho intramolecular Hbond substituents is 1. The van der Waals surface area contributed by atoms with Crippen molar-refractivity contribution in [1.29, 1.82) is 0 Å². The summed E-state index contributed by atoms with van der Waals surface area (Å²) in [6, 6.07) is 15.4. The Labute approximate surface area is 100 Å². The van der Waals surface area contributed by atoms with Gasteiger partial charge in [0, 0.05) is 0 Å². The maximum absolute atomic E-state index is 9.48. The van der Waals surface area contributed by atoms with Crippen LogP contribution in [0.15, 0.2) is 48.5 Å². The molecule has 1 N–H and O–H groups in total. The lowest BCUT2D eigenvalue weighted by atomic mass is 9.97. The van der Waals surface area contributed by atoms with Gasteiger partial charge in [-0.25, -0.2) is 0 Å². The van der Waals surface area contributed by atoms with Crippen LogP contribution in [0.4, 0.5) is 0 Å². The molecular weight excluding hydrogens is 212 g/mol. The third kappa shape index (κ3) is 1.98. The minimum atomic E-state index is 0.0528. The molecule has 0 radical (unpaired) electrons. The van der Waals surface area contributed by atoms with Crippen molar-refractivity contribution < 1.29 is 9.84 Å². The molecule has 3 rings (SSSR count). The van der Waals surface area contributed by atoms with Gasteiger partial charge >= 0.3 is 0 Å². The molecular formula is C15H14O2. The average Bonchev–Trinajstić information content (AvgIpc) is 2.38. The normalized spacial score (nSPS) is 18.2. The lowest BCUT2D eigenvalue weighted by Crippen LogP contribution is -2.14. The predicted molar refractivity (Wildman–Crippen MR) is 66.2 cm³/mol. The van der Waals surface area contributed by atoms with Crippen LogP contribution in [-0.2, 0) is 6.42 Å². The maximum Gasteiger partial charge on any atom is 0.124 e. The maximum atomic E-state index is 9.48. The summed E-state index contributed by atoms with van der Waals surface area (Å²) < 4.78 is 5.96. The number of rotatable bonds is 1. The summed E-state index contributed by atoms with van der Waals surface area (Å²) in [5.41, 5.74) is 2.31. The highest BCUT2D eigenvalue weighted by molar-refractivity contribution is 5.37. The van der Waals surface area contributed by atoms with Gasteiger partial charge < -0.3 is 9.84 Å². The van der Waals surface area contributed by atoms with Crippen LogP contribution in [0.3, 0.4) is 0 Å². The zero-order valence-electron chi connectivity index (χ0n) is 9.47. The highest BCUT2D eigenvalue weighted by atomic mass is 16.5. The van der Waals surface area contributed by atoms with Crippen molar-refractivity contribution in [2.75, 3.05) is 0 Å². The first-order valence-electron chi connectivity index (χ1n) is 5.86. The Morgan fingerprint density at radius 1 is 1.06 bits per heavy atom. The van der Waals surface area contributed by atoms with Crippen molar-refractivity contribution >= 4 is 0 Å². The fourth-order valence-corrected chi connectivity index (χ4v) is 2.28. The van der Waals surface area contributed by atoms with Crippen molar-refractivity contribution in [2.24, 2.45) is 0 Å². The van der Waals surface area contributed by atoms with E-state index in [0.717, 1.165) is 24.2 Å². The van der Waals surface area contributed by atoms with Crippen molar-refractivity contribution in [3.8, 4) is 11.5 Å². The molecule has 0 aliphatic carbocycles. The Hall–Kier alpha value is -1.96. The van der Waals surface area contributed by atoms with Gasteiger partial charge in [-0.05, 0) is 42.2 Å². The van der Waals surface area contributed by atoms with Gasteiger partial charge in [0.05, 0.1) is 0 Å². The van der Waals surface area contributed by atoms with E-state index in [1.807, 2.05) is 30.3 Å². The largest absolute Gasteiger partial charge is 0.508 e. The second-order valence-corrected chi connectivity index (χ2v) is 4.35. The van der Waals surface area contributed by atoms with Crippen LogP contribution < -0.4 is 4.74 Å². The van der Waals surface area contributed by atoms with Gasteiger partial charge in [-0.2, -0.15) is 0 Å². The quantitative estimate of drug-likeness (QED) is 0.806. The SMILES string of the molecule is Oc1cccc(C2CCc3ccccc3O2)c1. The van der Waals surface area contributed by atoms with Crippen molar-refractivity contribution in [3.05, 3.63) is 59.7 Å².